The fourth-order valence-electron chi connectivity index (χ4n) is 3.62. The van der Waals surface area contributed by atoms with Crippen molar-refractivity contribution >= 4 is 5.91 Å². The number of benzene rings is 1. The largest absolute Gasteiger partial charge is 0.342 e. The first-order valence-corrected chi connectivity index (χ1v) is 9.36. The van der Waals surface area contributed by atoms with Gasteiger partial charge >= 0.3 is 0 Å². The zero-order chi connectivity index (χ0) is 19.0. The summed E-state index contributed by atoms with van der Waals surface area (Å²) in [5, 5.41) is 5.80. The van der Waals surface area contributed by atoms with Crippen LogP contribution >= 0.6 is 0 Å². The SMILES string of the molecule is CC1(c2ccc([C@@H](NC(=O)C3CC(F)CN3)c3ccccc3)nc2F)CC1. The summed E-state index contributed by atoms with van der Waals surface area (Å²) in [6.45, 7) is 2.20. The van der Waals surface area contributed by atoms with Crippen LogP contribution in [0.2, 0.25) is 0 Å². The van der Waals surface area contributed by atoms with Crippen LogP contribution in [0.4, 0.5) is 8.78 Å². The molecule has 0 spiro atoms. The van der Waals surface area contributed by atoms with Crippen LogP contribution in [0.5, 0.6) is 0 Å². The second-order valence-corrected chi connectivity index (χ2v) is 7.78. The van der Waals surface area contributed by atoms with E-state index in [-0.39, 0.29) is 24.3 Å². The van der Waals surface area contributed by atoms with Gasteiger partial charge in [-0.05, 0) is 29.9 Å². The lowest BCUT2D eigenvalue weighted by atomic mass is 9.97. The number of aromatic nitrogens is 1. The molecular weight excluding hydrogens is 348 g/mol. The van der Waals surface area contributed by atoms with Gasteiger partial charge in [0.05, 0.1) is 17.8 Å². The number of hydrogen-bond acceptors (Lipinski definition) is 3. The maximum atomic E-state index is 14.7. The monoisotopic (exact) mass is 371 g/mol. The Morgan fingerprint density at radius 2 is 2.00 bits per heavy atom. The molecule has 27 heavy (non-hydrogen) atoms. The van der Waals surface area contributed by atoms with Crippen molar-refractivity contribution in [3.05, 3.63) is 65.2 Å². The molecule has 3 atom stereocenters. The molecule has 6 heteroatoms. The van der Waals surface area contributed by atoms with Crippen molar-refractivity contribution in [1.82, 2.24) is 15.6 Å². The summed E-state index contributed by atoms with van der Waals surface area (Å²) >= 11 is 0. The van der Waals surface area contributed by atoms with Gasteiger partial charge in [-0.3, -0.25) is 4.79 Å². The number of halogens is 2. The standard InChI is InChI=1S/C21H23F2N3O/c1-21(9-10-21)15-7-8-16(25-19(15)23)18(13-5-3-2-4-6-13)26-20(27)17-11-14(22)12-24-17/h2-8,14,17-18,24H,9-12H2,1H3,(H,26,27)/t14?,17?,18-/m0/s1. The fraction of sp³-hybridized carbons (Fsp3) is 0.429. The molecule has 0 radical (unpaired) electrons. The van der Waals surface area contributed by atoms with Crippen molar-refractivity contribution in [3.8, 4) is 0 Å². The summed E-state index contributed by atoms with van der Waals surface area (Å²) in [7, 11) is 0. The van der Waals surface area contributed by atoms with E-state index < -0.39 is 24.2 Å². The molecule has 2 heterocycles. The van der Waals surface area contributed by atoms with E-state index in [0.717, 1.165) is 18.4 Å². The number of carbonyl (C=O) groups excluding carboxylic acids is 1. The quantitative estimate of drug-likeness (QED) is 0.794. The summed E-state index contributed by atoms with van der Waals surface area (Å²) in [4.78, 5) is 16.8. The number of nitrogens with one attached hydrogen (secondary N) is 2. The molecule has 2 N–H and O–H groups in total. The molecular formula is C21H23F2N3O. The van der Waals surface area contributed by atoms with Crippen LogP contribution in [-0.2, 0) is 10.2 Å². The Morgan fingerprint density at radius 3 is 2.59 bits per heavy atom. The summed E-state index contributed by atoms with van der Waals surface area (Å²) in [5.74, 6) is -0.782. The normalized spacial score (nSPS) is 24.4. The lowest BCUT2D eigenvalue weighted by molar-refractivity contribution is -0.123. The molecule has 0 bridgehead atoms. The Bertz CT molecular complexity index is 839. The van der Waals surface area contributed by atoms with Gasteiger partial charge in [0, 0.05) is 18.5 Å². The maximum absolute atomic E-state index is 14.7. The molecule has 2 aromatic rings. The van der Waals surface area contributed by atoms with Crippen LogP contribution < -0.4 is 10.6 Å². The average Bonchev–Trinajstić information content (AvgIpc) is 3.26. The van der Waals surface area contributed by atoms with Gasteiger partial charge in [-0.25, -0.2) is 9.37 Å². The van der Waals surface area contributed by atoms with Gasteiger partial charge < -0.3 is 10.6 Å². The second kappa shape index (κ2) is 7.00. The Labute approximate surface area is 157 Å². The maximum Gasteiger partial charge on any atom is 0.238 e. The highest BCUT2D eigenvalue weighted by molar-refractivity contribution is 5.83. The third kappa shape index (κ3) is 3.72. The number of hydrogen-bond donors (Lipinski definition) is 2. The fourth-order valence-corrected chi connectivity index (χ4v) is 3.62. The van der Waals surface area contributed by atoms with E-state index >= 15 is 0 Å². The Morgan fingerprint density at radius 1 is 1.26 bits per heavy atom. The van der Waals surface area contributed by atoms with Crippen molar-refractivity contribution in [2.75, 3.05) is 6.54 Å². The minimum atomic E-state index is -1.02. The molecule has 2 unspecified atom stereocenters. The highest BCUT2D eigenvalue weighted by Gasteiger charge is 2.41. The highest BCUT2D eigenvalue weighted by atomic mass is 19.1. The molecule has 1 saturated heterocycles. The molecule has 4 nitrogen and oxygen atoms in total. The Balaban J connectivity index is 1.62. The number of pyridine rings is 1. The number of alkyl halides is 1. The topological polar surface area (TPSA) is 54.0 Å². The van der Waals surface area contributed by atoms with Crippen LogP contribution in [0, 0.1) is 5.95 Å². The van der Waals surface area contributed by atoms with Gasteiger partial charge in [-0.2, -0.15) is 4.39 Å². The summed E-state index contributed by atoms with van der Waals surface area (Å²) in [5.41, 5.74) is 1.75. The van der Waals surface area contributed by atoms with Crippen molar-refractivity contribution in [2.24, 2.45) is 0 Å². The van der Waals surface area contributed by atoms with Crippen LogP contribution in [0.3, 0.4) is 0 Å². The van der Waals surface area contributed by atoms with Gasteiger partial charge in [-0.1, -0.05) is 43.3 Å². The van der Waals surface area contributed by atoms with Gasteiger partial charge in [-0.15, -0.1) is 0 Å². The van der Waals surface area contributed by atoms with E-state index in [1.165, 1.54) is 0 Å². The van der Waals surface area contributed by atoms with Gasteiger partial charge in [0.25, 0.3) is 0 Å². The Kier molecular flexibility index (Phi) is 4.68. The van der Waals surface area contributed by atoms with Gasteiger partial charge in [0.2, 0.25) is 11.9 Å². The van der Waals surface area contributed by atoms with Gasteiger partial charge in [0.1, 0.15) is 6.17 Å². The minimum Gasteiger partial charge on any atom is -0.342 e. The molecule has 1 saturated carbocycles. The number of carbonyl (C=O) groups is 1. The lowest BCUT2D eigenvalue weighted by Crippen LogP contribution is -2.42. The van der Waals surface area contributed by atoms with Crippen LogP contribution in [0.25, 0.3) is 0 Å². The lowest BCUT2D eigenvalue weighted by Gasteiger charge is -2.22. The predicted molar refractivity (Wildman–Crippen MR) is 98.5 cm³/mol. The van der Waals surface area contributed by atoms with Crippen LogP contribution in [-0.4, -0.2) is 29.6 Å². The number of rotatable bonds is 5. The molecule has 4 rings (SSSR count). The molecule has 1 aromatic heterocycles. The van der Waals surface area contributed by atoms with E-state index in [4.69, 9.17) is 0 Å². The van der Waals surface area contributed by atoms with Crippen molar-refractivity contribution in [2.45, 2.75) is 49.9 Å². The molecule has 1 amide bonds. The molecule has 2 fully saturated rings. The summed E-state index contributed by atoms with van der Waals surface area (Å²) in [6.07, 6.45) is 1.04. The number of nitrogens with zero attached hydrogens (tertiary/aromatic N) is 1. The van der Waals surface area contributed by atoms with Crippen LogP contribution in [0.1, 0.15) is 49.0 Å². The zero-order valence-electron chi connectivity index (χ0n) is 15.2. The highest BCUT2D eigenvalue weighted by Crippen LogP contribution is 2.48. The van der Waals surface area contributed by atoms with Crippen molar-refractivity contribution in [3.63, 3.8) is 0 Å². The van der Waals surface area contributed by atoms with E-state index in [0.29, 0.717) is 11.3 Å². The number of amides is 1. The first-order valence-electron chi connectivity index (χ1n) is 9.36. The first-order chi connectivity index (χ1) is 13.0. The average molecular weight is 371 g/mol. The van der Waals surface area contributed by atoms with E-state index in [1.807, 2.05) is 37.3 Å². The third-order valence-corrected chi connectivity index (χ3v) is 5.63. The summed E-state index contributed by atoms with van der Waals surface area (Å²) < 4.78 is 28.1. The van der Waals surface area contributed by atoms with Crippen molar-refractivity contribution in [1.29, 1.82) is 0 Å². The minimum absolute atomic E-state index is 0.120. The zero-order valence-corrected chi connectivity index (χ0v) is 15.2. The Hall–Kier alpha value is -2.34. The molecule has 1 aliphatic heterocycles. The first kappa shape index (κ1) is 18.0. The predicted octanol–water partition coefficient (Wildman–Crippen LogP) is 3.18. The van der Waals surface area contributed by atoms with E-state index in [1.54, 1.807) is 12.1 Å². The van der Waals surface area contributed by atoms with Crippen molar-refractivity contribution < 1.29 is 13.6 Å². The second-order valence-electron chi connectivity index (χ2n) is 7.78. The van der Waals surface area contributed by atoms with Crippen LogP contribution in [0.15, 0.2) is 42.5 Å². The van der Waals surface area contributed by atoms with Gasteiger partial charge in [0.15, 0.2) is 0 Å². The smallest absolute Gasteiger partial charge is 0.238 e. The van der Waals surface area contributed by atoms with E-state index in [9.17, 15) is 13.6 Å². The molecule has 2 aliphatic rings. The molecule has 142 valence electrons. The molecule has 1 aliphatic carbocycles. The third-order valence-electron chi connectivity index (χ3n) is 5.63. The summed E-state index contributed by atoms with van der Waals surface area (Å²) in [6, 6.07) is 11.7. The molecule has 1 aromatic carbocycles. The van der Waals surface area contributed by atoms with E-state index in [2.05, 4.69) is 15.6 Å².